The molecule has 0 radical (unpaired) electrons. The van der Waals surface area contributed by atoms with Crippen molar-refractivity contribution in [3.05, 3.63) is 0 Å². The molecular weight excluding hydrogens is 168 g/mol. The molecule has 2 unspecified atom stereocenters. The lowest BCUT2D eigenvalue weighted by atomic mass is 9.42. The molecule has 1 aliphatic carbocycles. The molecule has 0 heterocycles. The fourth-order valence-corrected chi connectivity index (χ4v) is 3.33. The Bertz CT molecular complexity index is 198. The van der Waals surface area contributed by atoms with E-state index in [0.29, 0.717) is 10.8 Å². The van der Waals surface area contributed by atoms with Crippen LogP contribution >= 0.6 is 0 Å². The topological polar surface area (TPSA) is 0 Å². The fraction of sp³-hybridized carbons (Fsp3) is 1.00. The van der Waals surface area contributed by atoms with Crippen molar-refractivity contribution in [1.82, 2.24) is 0 Å². The van der Waals surface area contributed by atoms with Crippen LogP contribution < -0.4 is 0 Å². The summed E-state index contributed by atoms with van der Waals surface area (Å²) >= 11 is 0. The molecule has 84 valence electrons. The molecule has 0 spiro atoms. The van der Waals surface area contributed by atoms with Gasteiger partial charge in [-0.1, -0.05) is 55.4 Å². The maximum atomic E-state index is 2.45. The van der Waals surface area contributed by atoms with Crippen LogP contribution in [0.25, 0.3) is 0 Å². The smallest absolute Gasteiger partial charge is 0.0297 e. The first kappa shape index (κ1) is 12.1. The van der Waals surface area contributed by atoms with Gasteiger partial charge in [0.15, 0.2) is 0 Å². The summed E-state index contributed by atoms with van der Waals surface area (Å²) in [4.78, 5) is 0. The number of rotatable bonds is 2. The second-order valence-electron chi connectivity index (χ2n) is 6.90. The summed E-state index contributed by atoms with van der Waals surface area (Å²) in [5, 5.41) is 0. The average molecular weight is 196 g/mol. The van der Waals surface area contributed by atoms with Gasteiger partial charge in [-0.25, -0.2) is 0 Å². The Morgan fingerprint density at radius 2 is 1.36 bits per heavy atom. The molecule has 0 aromatic carbocycles. The van der Waals surface area contributed by atoms with E-state index in [1.54, 1.807) is 0 Å². The molecule has 1 rings (SSSR count). The highest BCUT2D eigenvalue weighted by molar-refractivity contribution is 5.04. The molecular formula is C14H28. The fourth-order valence-electron chi connectivity index (χ4n) is 3.33. The number of hydrogen-bond donors (Lipinski definition) is 0. The molecule has 1 aliphatic rings. The van der Waals surface area contributed by atoms with Gasteiger partial charge in [0.25, 0.3) is 0 Å². The van der Waals surface area contributed by atoms with Gasteiger partial charge in [0.1, 0.15) is 0 Å². The molecule has 1 saturated carbocycles. The van der Waals surface area contributed by atoms with E-state index in [9.17, 15) is 0 Å². The Kier molecular flexibility index (Phi) is 2.80. The van der Waals surface area contributed by atoms with Crippen molar-refractivity contribution < 1.29 is 0 Å². The highest BCUT2D eigenvalue weighted by atomic mass is 14.6. The standard InChI is InChI=1S/C14H28/c1-9(2)13(5,6)12-10(3)14(7,8)11(12)4/h9-12H,1-8H3. The van der Waals surface area contributed by atoms with Crippen LogP contribution in [0.4, 0.5) is 0 Å². The van der Waals surface area contributed by atoms with Gasteiger partial charge in [-0.05, 0) is 34.5 Å². The summed E-state index contributed by atoms with van der Waals surface area (Å²) in [6.07, 6.45) is 0. The second kappa shape index (κ2) is 3.25. The molecule has 0 amide bonds. The highest BCUT2D eigenvalue weighted by Crippen LogP contribution is 2.62. The zero-order valence-electron chi connectivity index (χ0n) is 11.3. The van der Waals surface area contributed by atoms with Crippen LogP contribution in [-0.2, 0) is 0 Å². The summed E-state index contributed by atoms with van der Waals surface area (Å²) in [6, 6.07) is 0. The second-order valence-corrected chi connectivity index (χ2v) is 6.90. The summed E-state index contributed by atoms with van der Waals surface area (Å²) in [7, 11) is 0. The minimum atomic E-state index is 0.494. The lowest BCUT2D eigenvalue weighted by Crippen LogP contribution is -2.57. The minimum Gasteiger partial charge on any atom is -0.0623 e. The molecule has 0 heteroatoms. The highest BCUT2D eigenvalue weighted by Gasteiger charge is 2.56. The SMILES string of the molecule is CC(C)C(C)(C)C1C(C)C(C)(C)C1C. The monoisotopic (exact) mass is 196 g/mol. The average Bonchev–Trinajstić information content (AvgIpc) is 2.04. The van der Waals surface area contributed by atoms with Crippen LogP contribution in [0.3, 0.4) is 0 Å². The predicted molar refractivity (Wildman–Crippen MR) is 64.2 cm³/mol. The van der Waals surface area contributed by atoms with Gasteiger partial charge in [0.05, 0.1) is 0 Å². The van der Waals surface area contributed by atoms with Crippen LogP contribution in [0, 0.1) is 34.5 Å². The summed E-state index contributed by atoms with van der Waals surface area (Å²) in [5.74, 6) is 3.43. The molecule has 0 aliphatic heterocycles. The van der Waals surface area contributed by atoms with Gasteiger partial charge in [-0.3, -0.25) is 0 Å². The predicted octanol–water partition coefficient (Wildman–Crippen LogP) is 4.60. The third-order valence-corrected chi connectivity index (χ3v) is 5.77. The molecule has 14 heavy (non-hydrogen) atoms. The molecule has 0 saturated heterocycles. The maximum absolute atomic E-state index is 2.45. The Hall–Kier alpha value is 0. The van der Waals surface area contributed by atoms with Gasteiger partial charge in [-0.2, -0.15) is 0 Å². The van der Waals surface area contributed by atoms with Crippen LogP contribution in [0.2, 0.25) is 0 Å². The maximum Gasteiger partial charge on any atom is -0.0297 e. The summed E-state index contributed by atoms with van der Waals surface area (Å²) in [5.41, 5.74) is 1.05. The van der Waals surface area contributed by atoms with Crippen LogP contribution in [0.5, 0.6) is 0 Å². The van der Waals surface area contributed by atoms with Gasteiger partial charge >= 0.3 is 0 Å². The van der Waals surface area contributed by atoms with Crippen molar-refractivity contribution in [3.63, 3.8) is 0 Å². The molecule has 1 fully saturated rings. The summed E-state index contributed by atoms with van der Waals surface area (Å²) < 4.78 is 0. The first-order valence-corrected chi connectivity index (χ1v) is 6.13. The Morgan fingerprint density at radius 1 is 1.00 bits per heavy atom. The van der Waals surface area contributed by atoms with E-state index in [1.165, 1.54) is 0 Å². The van der Waals surface area contributed by atoms with E-state index in [2.05, 4.69) is 55.4 Å². The normalized spacial score (nSPS) is 37.1. The van der Waals surface area contributed by atoms with Gasteiger partial charge in [-0.15, -0.1) is 0 Å². The Labute approximate surface area is 90.5 Å². The molecule has 0 N–H and O–H groups in total. The lowest BCUT2D eigenvalue weighted by molar-refractivity contribution is -0.147. The quantitative estimate of drug-likeness (QED) is 0.605. The third kappa shape index (κ3) is 1.42. The van der Waals surface area contributed by atoms with Gasteiger partial charge in [0.2, 0.25) is 0 Å². The lowest BCUT2D eigenvalue weighted by Gasteiger charge is -2.63. The largest absolute Gasteiger partial charge is 0.0623 e. The zero-order valence-corrected chi connectivity index (χ0v) is 11.3. The van der Waals surface area contributed by atoms with Crippen LogP contribution in [0.15, 0.2) is 0 Å². The Morgan fingerprint density at radius 3 is 1.64 bits per heavy atom. The van der Waals surface area contributed by atoms with E-state index in [0.717, 1.165) is 23.7 Å². The van der Waals surface area contributed by atoms with Crippen LogP contribution in [0.1, 0.15) is 55.4 Å². The van der Waals surface area contributed by atoms with Gasteiger partial charge < -0.3 is 0 Å². The van der Waals surface area contributed by atoms with Crippen molar-refractivity contribution in [1.29, 1.82) is 0 Å². The van der Waals surface area contributed by atoms with E-state index in [1.807, 2.05) is 0 Å². The zero-order chi connectivity index (χ0) is 11.3. The molecule has 0 aromatic rings. The first-order chi connectivity index (χ1) is 6.13. The van der Waals surface area contributed by atoms with E-state index >= 15 is 0 Å². The van der Waals surface area contributed by atoms with E-state index in [-0.39, 0.29) is 0 Å². The molecule has 0 aromatic heterocycles. The van der Waals surface area contributed by atoms with Crippen molar-refractivity contribution in [2.24, 2.45) is 34.5 Å². The summed E-state index contributed by atoms with van der Waals surface area (Å²) in [6.45, 7) is 19.4. The van der Waals surface area contributed by atoms with Crippen molar-refractivity contribution in [2.45, 2.75) is 55.4 Å². The molecule has 0 nitrogen and oxygen atoms in total. The third-order valence-electron chi connectivity index (χ3n) is 5.77. The number of hydrogen-bond acceptors (Lipinski definition) is 0. The van der Waals surface area contributed by atoms with Gasteiger partial charge in [0, 0.05) is 0 Å². The van der Waals surface area contributed by atoms with Crippen LogP contribution in [-0.4, -0.2) is 0 Å². The van der Waals surface area contributed by atoms with E-state index < -0.39 is 0 Å². The Balaban J connectivity index is 2.84. The van der Waals surface area contributed by atoms with Crippen molar-refractivity contribution in [2.75, 3.05) is 0 Å². The van der Waals surface area contributed by atoms with Crippen molar-refractivity contribution in [3.8, 4) is 0 Å². The first-order valence-electron chi connectivity index (χ1n) is 6.13. The molecule has 2 atom stereocenters. The molecule has 0 bridgehead atoms. The van der Waals surface area contributed by atoms with E-state index in [4.69, 9.17) is 0 Å². The minimum absolute atomic E-state index is 0.494. The van der Waals surface area contributed by atoms with Crippen molar-refractivity contribution >= 4 is 0 Å².